The zero-order valence-corrected chi connectivity index (χ0v) is 7.53. The van der Waals surface area contributed by atoms with Crippen molar-refractivity contribution in [1.29, 1.82) is 0 Å². The highest BCUT2D eigenvalue weighted by Gasteiger charge is 2.59. The van der Waals surface area contributed by atoms with E-state index in [2.05, 4.69) is 0 Å². The first-order valence-corrected chi connectivity index (χ1v) is 4.13. The van der Waals surface area contributed by atoms with Gasteiger partial charge in [-0.15, -0.1) is 0 Å². The summed E-state index contributed by atoms with van der Waals surface area (Å²) in [5, 5.41) is 1.99. The van der Waals surface area contributed by atoms with Gasteiger partial charge < -0.3 is 5.32 Å². The quantitative estimate of drug-likeness (QED) is 0.715. The van der Waals surface area contributed by atoms with E-state index in [1.54, 1.807) is 0 Å². The third kappa shape index (κ3) is 1.95. The van der Waals surface area contributed by atoms with Gasteiger partial charge in [0.2, 0.25) is 5.91 Å². The molecule has 5 heteroatoms. The van der Waals surface area contributed by atoms with Gasteiger partial charge in [-0.05, 0) is 25.7 Å². The van der Waals surface area contributed by atoms with E-state index >= 15 is 0 Å². The van der Waals surface area contributed by atoms with Crippen molar-refractivity contribution in [2.75, 3.05) is 0 Å². The first-order chi connectivity index (χ1) is 5.77. The predicted molar refractivity (Wildman–Crippen MR) is 41.0 cm³/mol. The van der Waals surface area contributed by atoms with Crippen molar-refractivity contribution in [2.24, 2.45) is 5.92 Å². The lowest BCUT2D eigenvalue weighted by Crippen LogP contribution is -2.57. The van der Waals surface area contributed by atoms with E-state index in [9.17, 15) is 18.0 Å². The van der Waals surface area contributed by atoms with Crippen LogP contribution in [0.4, 0.5) is 13.2 Å². The molecule has 1 rings (SSSR count). The summed E-state index contributed by atoms with van der Waals surface area (Å²) in [6.45, 7) is 2.15. The number of hydrogen-bond donors (Lipinski definition) is 1. The molecule has 0 radical (unpaired) electrons. The molecule has 0 saturated heterocycles. The van der Waals surface area contributed by atoms with Gasteiger partial charge in [-0.25, -0.2) is 0 Å². The van der Waals surface area contributed by atoms with Crippen LogP contribution in [0, 0.1) is 5.92 Å². The summed E-state index contributed by atoms with van der Waals surface area (Å²) in [5.41, 5.74) is -2.03. The third-order valence-electron chi connectivity index (χ3n) is 2.42. The number of alkyl halides is 3. The summed E-state index contributed by atoms with van der Waals surface area (Å²) in [6.07, 6.45) is -3.29. The average molecular weight is 195 g/mol. The van der Waals surface area contributed by atoms with Crippen LogP contribution in [0.15, 0.2) is 0 Å². The number of rotatable bonds is 2. The zero-order valence-electron chi connectivity index (χ0n) is 7.53. The predicted octanol–water partition coefficient (Wildman–Crippen LogP) is 1.85. The number of carbonyl (C=O) groups is 1. The highest BCUT2D eigenvalue weighted by molar-refractivity contribution is 5.74. The molecule has 0 aromatic rings. The van der Waals surface area contributed by atoms with Gasteiger partial charge in [0, 0.05) is 6.92 Å². The summed E-state index contributed by atoms with van der Waals surface area (Å²) in [5.74, 6) is -1.08. The molecule has 0 spiro atoms. The van der Waals surface area contributed by atoms with Crippen molar-refractivity contribution < 1.29 is 18.0 Å². The second kappa shape index (κ2) is 2.89. The van der Waals surface area contributed by atoms with Crippen LogP contribution in [-0.4, -0.2) is 17.6 Å². The Morgan fingerprint density at radius 3 is 2.08 bits per heavy atom. The highest BCUT2D eigenvalue weighted by Crippen LogP contribution is 2.47. The minimum Gasteiger partial charge on any atom is -0.342 e. The molecule has 1 amide bonds. The van der Waals surface area contributed by atoms with Crippen molar-refractivity contribution >= 4 is 5.91 Å². The smallest absolute Gasteiger partial charge is 0.342 e. The number of halogens is 3. The van der Waals surface area contributed by atoms with Gasteiger partial charge in [0.15, 0.2) is 0 Å². The fourth-order valence-electron chi connectivity index (χ4n) is 1.43. The van der Waals surface area contributed by atoms with E-state index < -0.39 is 23.5 Å². The van der Waals surface area contributed by atoms with Gasteiger partial charge in [-0.3, -0.25) is 4.79 Å². The van der Waals surface area contributed by atoms with Crippen LogP contribution < -0.4 is 5.32 Å². The zero-order chi connectivity index (χ0) is 10.3. The monoisotopic (exact) mass is 195 g/mol. The van der Waals surface area contributed by atoms with Crippen molar-refractivity contribution in [2.45, 2.75) is 38.4 Å². The third-order valence-corrected chi connectivity index (χ3v) is 2.42. The molecule has 13 heavy (non-hydrogen) atoms. The Bertz CT molecular complexity index is 222. The van der Waals surface area contributed by atoms with Crippen LogP contribution in [-0.2, 0) is 4.79 Å². The second-order valence-corrected chi connectivity index (χ2v) is 3.66. The summed E-state index contributed by atoms with van der Waals surface area (Å²) >= 11 is 0. The van der Waals surface area contributed by atoms with E-state index in [1.165, 1.54) is 0 Å². The fraction of sp³-hybridized carbons (Fsp3) is 0.875. The molecule has 1 saturated carbocycles. The Hall–Kier alpha value is -0.740. The standard InChI is InChI=1S/C8H12F3NO/c1-5(13)12-7(2,6-3-4-6)8(9,10)11/h6H,3-4H2,1-2H3,(H,12,13). The van der Waals surface area contributed by atoms with Crippen molar-refractivity contribution in [3.8, 4) is 0 Å². The summed E-state index contributed by atoms with van der Waals surface area (Å²) in [7, 11) is 0. The Morgan fingerprint density at radius 1 is 1.38 bits per heavy atom. The van der Waals surface area contributed by atoms with Gasteiger partial charge in [-0.1, -0.05) is 0 Å². The van der Waals surface area contributed by atoms with Crippen LogP contribution in [0.25, 0.3) is 0 Å². The van der Waals surface area contributed by atoms with Crippen molar-refractivity contribution in [3.63, 3.8) is 0 Å². The van der Waals surface area contributed by atoms with Gasteiger partial charge in [-0.2, -0.15) is 13.2 Å². The van der Waals surface area contributed by atoms with Gasteiger partial charge in [0.05, 0.1) is 0 Å². The van der Waals surface area contributed by atoms with Gasteiger partial charge in [0.25, 0.3) is 0 Å². The topological polar surface area (TPSA) is 29.1 Å². The SMILES string of the molecule is CC(=O)NC(C)(C1CC1)C(F)(F)F. The molecular weight excluding hydrogens is 183 g/mol. The van der Waals surface area contributed by atoms with Crippen molar-refractivity contribution in [3.05, 3.63) is 0 Å². The first kappa shape index (κ1) is 10.3. The number of hydrogen-bond acceptors (Lipinski definition) is 1. The first-order valence-electron chi connectivity index (χ1n) is 4.13. The van der Waals surface area contributed by atoms with Crippen molar-refractivity contribution in [1.82, 2.24) is 5.32 Å². The van der Waals surface area contributed by atoms with E-state index in [1.807, 2.05) is 5.32 Å². The van der Waals surface area contributed by atoms with Gasteiger partial charge in [0.1, 0.15) is 5.54 Å². The van der Waals surface area contributed by atoms with E-state index in [0.717, 1.165) is 13.8 Å². The fourth-order valence-corrected chi connectivity index (χ4v) is 1.43. The number of nitrogens with one attached hydrogen (secondary N) is 1. The normalized spacial score (nSPS) is 22.2. The molecule has 1 fully saturated rings. The Morgan fingerprint density at radius 2 is 1.85 bits per heavy atom. The molecule has 0 bridgehead atoms. The minimum atomic E-state index is -4.36. The number of amides is 1. The Labute approximate surface area is 74.5 Å². The van der Waals surface area contributed by atoms with Crippen LogP contribution in [0.1, 0.15) is 26.7 Å². The molecule has 0 aromatic carbocycles. The van der Waals surface area contributed by atoms with E-state index in [4.69, 9.17) is 0 Å². The van der Waals surface area contributed by atoms with E-state index in [-0.39, 0.29) is 0 Å². The van der Waals surface area contributed by atoms with Gasteiger partial charge >= 0.3 is 6.18 Å². The van der Waals surface area contributed by atoms with E-state index in [0.29, 0.717) is 12.8 Å². The lowest BCUT2D eigenvalue weighted by Gasteiger charge is -2.32. The molecule has 0 aromatic heterocycles. The summed E-state index contributed by atoms with van der Waals surface area (Å²) < 4.78 is 37.6. The molecule has 2 nitrogen and oxygen atoms in total. The Balaban J connectivity index is 2.80. The molecular formula is C8H12F3NO. The van der Waals surface area contributed by atoms with Crippen LogP contribution in [0.5, 0.6) is 0 Å². The average Bonchev–Trinajstić information content (AvgIpc) is 2.62. The molecule has 1 atom stereocenters. The number of carbonyl (C=O) groups excluding carboxylic acids is 1. The molecule has 1 N–H and O–H groups in total. The van der Waals surface area contributed by atoms with Crippen LogP contribution in [0.2, 0.25) is 0 Å². The van der Waals surface area contributed by atoms with Crippen LogP contribution in [0.3, 0.4) is 0 Å². The molecule has 76 valence electrons. The highest BCUT2D eigenvalue weighted by atomic mass is 19.4. The maximum Gasteiger partial charge on any atom is 0.411 e. The largest absolute Gasteiger partial charge is 0.411 e. The Kier molecular flexibility index (Phi) is 2.30. The maximum atomic E-state index is 12.5. The van der Waals surface area contributed by atoms with Crippen LogP contribution >= 0.6 is 0 Å². The lowest BCUT2D eigenvalue weighted by atomic mass is 9.95. The molecule has 0 heterocycles. The summed E-state index contributed by atoms with van der Waals surface area (Å²) in [6, 6.07) is 0. The second-order valence-electron chi connectivity index (χ2n) is 3.66. The minimum absolute atomic E-state index is 0.448. The molecule has 1 aliphatic carbocycles. The lowest BCUT2D eigenvalue weighted by molar-refractivity contribution is -0.199. The molecule has 1 unspecified atom stereocenters. The molecule has 0 aliphatic heterocycles. The molecule has 1 aliphatic rings. The maximum absolute atomic E-state index is 12.5. The summed E-state index contributed by atoms with van der Waals surface area (Å²) in [4.78, 5) is 10.6.